The normalized spacial score (nSPS) is 19.5. The molecule has 2 aromatic carbocycles. The summed E-state index contributed by atoms with van der Waals surface area (Å²) in [7, 11) is 4.11. The number of carbonyl (C=O) groups is 2. The monoisotopic (exact) mass is 630 g/mol. The van der Waals surface area contributed by atoms with Crippen LogP contribution in [0.2, 0.25) is 5.02 Å². The van der Waals surface area contributed by atoms with Crippen LogP contribution in [0.4, 0.5) is 19.3 Å². The third-order valence-electron chi connectivity index (χ3n) is 8.12. The van der Waals surface area contributed by atoms with E-state index in [1.807, 2.05) is 12.1 Å². The summed E-state index contributed by atoms with van der Waals surface area (Å²) in [5, 5.41) is 6.19. The van der Waals surface area contributed by atoms with E-state index in [-0.39, 0.29) is 42.9 Å². The summed E-state index contributed by atoms with van der Waals surface area (Å²) < 4.78 is 47.6. The standard InChI is InChI=1S/C31H33ClF2N4O6/c1-42-11-10-37-9-8-25(44-3)28(30(37)40)38-16-22(26-23(33)14-21(43-2)15-24(26)34)27(29(38)39)36-31(41)35-20-7-5-17-12-19(32)6-4-18(17)13-20/h4,6,8-9,12,14-15,20,22,27H,5,7,10-11,13,16H2,1-3H3,(H2,35,36,41)/t20?,22-,27-/m0/s1. The highest BCUT2D eigenvalue weighted by Gasteiger charge is 2.47. The van der Waals surface area contributed by atoms with Crippen LogP contribution in [0, 0.1) is 11.6 Å². The molecule has 0 bridgehead atoms. The predicted octanol–water partition coefficient (Wildman–Crippen LogP) is 3.80. The minimum atomic E-state index is -1.40. The lowest BCUT2D eigenvalue weighted by atomic mass is 9.88. The van der Waals surface area contributed by atoms with Crippen LogP contribution in [0.25, 0.3) is 0 Å². The molecule has 0 saturated carbocycles. The van der Waals surface area contributed by atoms with Gasteiger partial charge >= 0.3 is 6.03 Å². The van der Waals surface area contributed by atoms with Crippen molar-refractivity contribution in [3.05, 3.63) is 86.3 Å². The van der Waals surface area contributed by atoms with E-state index in [0.29, 0.717) is 24.3 Å². The number of urea groups is 1. The molecule has 1 fully saturated rings. The van der Waals surface area contributed by atoms with Crippen molar-refractivity contribution in [1.29, 1.82) is 0 Å². The molecular formula is C31H33ClF2N4O6. The highest BCUT2D eigenvalue weighted by atomic mass is 35.5. The van der Waals surface area contributed by atoms with Crippen molar-refractivity contribution >= 4 is 29.2 Å². The lowest BCUT2D eigenvalue weighted by molar-refractivity contribution is -0.118. The molecule has 2 heterocycles. The smallest absolute Gasteiger partial charge is 0.315 e. The summed E-state index contributed by atoms with van der Waals surface area (Å²) in [6.45, 7) is 0.120. The third-order valence-corrected chi connectivity index (χ3v) is 8.36. The number of anilines is 1. The van der Waals surface area contributed by atoms with Gasteiger partial charge < -0.3 is 34.3 Å². The fraction of sp³-hybridized carbons (Fsp3) is 0.387. The van der Waals surface area contributed by atoms with E-state index in [9.17, 15) is 14.4 Å². The zero-order chi connectivity index (χ0) is 31.5. The molecule has 1 unspecified atom stereocenters. The maximum Gasteiger partial charge on any atom is 0.315 e. The van der Waals surface area contributed by atoms with Crippen LogP contribution in [0.3, 0.4) is 0 Å². The van der Waals surface area contributed by atoms with Crippen LogP contribution in [0.15, 0.2) is 47.4 Å². The van der Waals surface area contributed by atoms with Crippen LogP contribution in [-0.2, 0) is 28.9 Å². The molecule has 44 heavy (non-hydrogen) atoms. The molecule has 0 radical (unpaired) electrons. The Hall–Kier alpha value is -4.16. The zero-order valence-electron chi connectivity index (χ0n) is 24.5. The number of pyridine rings is 1. The second-order valence-electron chi connectivity index (χ2n) is 10.7. The number of carbonyl (C=O) groups excluding carboxylic acids is 2. The molecule has 1 saturated heterocycles. The molecule has 5 rings (SSSR count). The molecule has 3 amide bonds. The van der Waals surface area contributed by atoms with E-state index in [2.05, 4.69) is 10.6 Å². The average molecular weight is 631 g/mol. The SMILES string of the molecule is COCCn1ccc(OC)c(N2C[C@@H](c3c(F)cc(OC)cc3F)[C@H](NC(=O)NC3CCc4cc(Cl)ccc4C3)C2=O)c1=O. The van der Waals surface area contributed by atoms with Crippen LogP contribution in [0.1, 0.15) is 29.0 Å². The van der Waals surface area contributed by atoms with Gasteiger partial charge in [0, 0.05) is 61.1 Å². The van der Waals surface area contributed by atoms with E-state index in [4.69, 9.17) is 25.8 Å². The number of rotatable bonds is 9. The highest BCUT2D eigenvalue weighted by molar-refractivity contribution is 6.30. The van der Waals surface area contributed by atoms with Gasteiger partial charge in [0.05, 0.1) is 20.8 Å². The van der Waals surface area contributed by atoms with E-state index in [0.717, 1.165) is 28.2 Å². The maximum atomic E-state index is 15.4. The molecule has 1 aliphatic carbocycles. The number of benzene rings is 2. The largest absolute Gasteiger partial charge is 0.497 e. The Balaban J connectivity index is 1.47. The van der Waals surface area contributed by atoms with Crippen LogP contribution >= 0.6 is 11.6 Å². The van der Waals surface area contributed by atoms with Crippen LogP contribution in [-0.4, -0.2) is 63.1 Å². The van der Waals surface area contributed by atoms with Gasteiger partial charge in [0.15, 0.2) is 5.69 Å². The number of halogens is 3. The minimum absolute atomic E-state index is 0.0446. The lowest BCUT2D eigenvalue weighted by Gasteiger charge is -2.27. The van der Waals surface area contributed by atoms with Gasteiger partial charge in [-0.2, -0.15) is 0 Å². The predicted molar refractivity (Wildman–Crippen MR) is 160 cm³/mol. The average Bonchev–Trinajstić information content (AvgIpc) is 3.30. The summed E-state index contributed by atoms with van der Waals surface area (Å²) in [6, 6.07) is 6.82. The second kappa shape index (κ2) is 13.2. The molecular weight excluding hydrogens is 598 g/mol. The first-order chi connectivity index (χ1) is 21.1. The lowest BCUT2D eigenvalue weighted by Crippen LogP contribution is -2.51. The van der Waals surface area contributed by atoms with Gasteiger partial charge in [-0.15, -0.1) is 0 Å². The van der Waals surface area contributed by atoms with Gasteiger partial charge in [-0.1, -0.05) is 17.7 Å². The molecule has 1 aromatic heterocycles. The number of hydrogen-bond acceptors (Lipinski definition) is 6. The van der Waals surface area contributed by atoms with Gasteiger partial charge in [-0.25, -0.2) is 13.6 Å². The Morgan fingerprint density at radius 2 is 1.77 bits per heavy atom. The number of nitrogens with one attached hydrogen (secondary N) is 2. The van der Waals surface area contributed by atoms with Crippen molar-refractivity contribution in [3.63, 3.8) is 0 Å². The Kier molecular flexibility index (Phi) is 9.40. The molecule has 10 nitrogen and oxygen atoms in total. The van der Waals surface area contributed by atoms with E-state index >= 15 is 8.78 Å². The quantitative estimate of drug-likeness (QED) is 0.372. The fourth-order valence-corrected chi connectivity index (χ4v) is 6.12. The number of methoxy groups -OCH3 is 3. The van der Waals surface area contributed by atoms with Crippen molar-refractivity contribution in [2.24, 2.45) is 0 Å². The van der Waals surface area contributed by atoms with Crippen LogP contribution in [0.5, 0.6) is 11.5 Å². The van der Waals surface area contributed by atoms with Gasteiger partial charge in [-0.3, -0.25) is 9.59 Å². The molecule has 1 aliphatic heterocycles. The first-order valence-corrected chi connectivity index (χ1v) is 14.5. The number of amides is 3. The van der Waals surface area contributed by atoms with Crippen molar-refractivity contribution in [2.45, 2.75) is 43.8 Å². The second-order valence-corrected chi connectivity index (χ2v) is 11.2. The summed E-state index contributed by atoms with van der Waals surface area (Å²) in [4.78, 5) is 41.9. The first-order valence-electron chi connectivity index (χ1n) is 14.1. The highest BCUT2D eigenvalue weighted by Crippen LogP contribution is 2.38. The van der Waals surface area contributed by atoms with Crippen LogP contribution < -0.4 is 30.6 Å². The number of aryl methyl sites for hydroxylation is 1. The fourth-order valence-electron chi connectivity index (χ4n) is 5.93. The van der Waals surface area contributed by atoms with Gasteiger partial charge in [0.25, 0.3) is 11.5 Å². The molecule has 2 N–H and O–H groups in total. The molecule has 0 spiro atoms. The van der Waals surface area contributed by atoms with Gasteiger partial charge in [0.2, 0.25) is 0 Å². The van der Waals surface area contributed by atoms with Gasteiger partial charge in [-0.05, 0) is 48.6 Å². The summed E-state index contributed by atoms with van der Waals surface area (Å²) in [5.41, 5.74) is 1.08. The van der Waals surface area contributed by atoms with Crippen molar-refractivity contribution in [2.75, 3.05) is 39.4 Å². The van der Waals surface area contributed by atoms with E-state index in [1.165, 1.54) is 38.2 Å². The molecule has 234 valence electrons. The van der Waals surface area contributed by atoms with Crippen molar-refractivity contribution in [3.8, 4) is 11.5 Å². The Morgan fingerprint density at radius 1 is 1.02 bits per heavy atom. The Labute approximate surface area is 257 Å². The number of ether oxygens (including phenoxy) is 3. The summed E-state index contributed by atoms with van der Waals surface area (Å²) in [6.07, 6.45) is 3.39. The van der Waals surface area contributed by atoms with Crippen molar-refractivity contribution in [1.82, 2.24) is 15.2 Å². The van der Waals surface area contributed by atoms with Crippen molar-refractivity contribution < 1.29 is 32.6 Å². The number of aromatic nitrogens is 1. The molecule has 2 aliphatic rings. The zero-order valence-corrected chi connectivity index (χ0v) is 25.2. The third kappa shape index (κ3) is 6.22. The minimum Gasteiger partial charge on any atom is -0.497 e. The molecule has 3 atom stereocenters. The maximum absolute atomic E-state index is 15.4. The Bertz CT molecular complexity index is 1610. The Morgan fingerprint density at radius 3 is 2.45 bits per heavy atom. The molecule has 13 heteroatoms. The first kappa shape index (κ1) is 31.3. The summed E-state index contributed by atoms with van der Waals surface area (Å²) >= 11 is 6.11. The summed E-state index contributed by atoms with van der Waals surface area (Å²) in [5.74, 6) is -3.76. The van der Waals surface area contributed by atoms with E-state index in [1.54, 1.807) is 6.07 Å². The molecule has 3 aromatic rings. The van der Waals surface area contributed by atoms with E-state index < -0.39 is 46.7 Å². The van der Waals surface area contributed by atoms with Gasteiger partial charge in [0.1, 0.15) is 29.2 Å². The number of fused-ring (bicyclic) bond motifs is 1. The topological polar surface area (TPSA) is 111 Å². The number of nitrogens with zero attached hydrogens (tertiary/aromatic N) is 2. The number of hydrogen-bond donors (Lipinski definition) is 2.